The maximum Gasteiger partial charge on any atom is 0.196 e. The molecule has 0 bridgehead atoms. The minimum Gasteiger partial charge on any atom is -0.465 e. The third kappa shape index (κ3) is 2.57. The first kappa shape index (κ1) is 14.2. The number of allylic oxidation sites excluding steroid dienone is 2. The van der Waals surface area contributed by atoms with Crippen LogP contribution in [0.15, 0.2) is 66.1 Å². The van der Waals surface area contributed by atoms with E-state index in [9.17, 15) is 0 Å². The van der Waals surface area contributed by atoms with E-state index in [1.807, 2.05) is 42.5 Å². The summed E-state index contributed by atoms with van der Waals surface area (Å²) in [6.07, 6.45) is 3.86. The number of rotatable bonds is 2. The summed E-state index contributed by atoms with van der Waals surface area (Å²) in [5.74, 6) is 0.912. The van der Waals surface area contributed by atoms with E-state index >= 15 is 0 Å². The molecular formula is C19H17ClN2O. The predicted molar refractivity (Wildman–Crippen MR) is 93.5 cm³/mol. The first-order valence-corrected chi connectivity index (χ1v) is 8.07. The number of fused-ring (bicyclic) bond motifs is 1. The monoisotopic (exact) mass is 324 g/mol. The molecule has 0 amide bonds. The predicted octanol–water partition coefficient (Wildman–Crippen LogP) is 4.63. The Morgan fingerprint density at radius 1 is 1.09 bits per heavy atom. The second-order valence-electron chi connectivity index (χ2n) is 5.74. The van der Waals surface area contributed by atoms with Gasteiger partial charge in [0.15, 0.2) is 6.23 Å². The van der Waals surface area contributed by atoms with Gasteiger partial charge in [0.05, 0.1) is 5.70 Å². The minimum atomic E-state index is -0.188. The molecule has 2 aliphatic rings. The quantitative estimate of drug-likeness (QED) is 0.792. The molecule has 2 aromatic rings. The highest BCUT2D eigenvalue weighted by atomic mass is 35.5. The van der Waals surface area contributed by atoms with Crippen molar-refractivity contribution in [3.63, 3.8) is 0 Å². The maximum absolute atomic E-state index is 6.16. The Balaban J connectivity index is 1.72. The third-order valence-corrected chi connectivity index (χ3v) is 4.50. The summed E-state index contributed by atoms with van der Waals surface area (Å²) in [4.78, 5) is 0. The fourth-order valence-corrected chi connectivity index (χ4v) is 3.23. The van der Waals surface area contributed by atoms with Crippen molar-refractivity contribution in [2.75, 3.05) is 5.73 Å². The van der Waals surface area contributed by atoms with E-state index in [0.29, 0.717) is 0 Å². The first-order chi connectivity index (χ1) is 11.2. The zero-order valence-electron chi connectivity index (χ0n) is 12.6. The molecule has 4 rings (SSSR count). The largest absolute Gasteiger partial charge is 0.465 e. The second-order valence-corrected chi connectivity index (χ2v) is 6.18. The Hall–Kier alpha value is -2.39. The van der Waals surface area contributed by atoms with Gasteiger partial charge in [0.1, 0.15) is 5.76 Å². The van der Waals surface area contributed by atoms with E-state index in [1.54, 1.807) is 0 Å². The van der Waals surface area contributed by atoms with Gasteiger partial charge in [-0.1, -0.05) is 41.9 Å². The van der Waals surface area contributed by atoms with Crippen molar-refractivity contribution in [2.24, 2.45) is 0 Å². The third-order valence-electron chi connectivity index (χ3n) is 4.25. The van der Waals surface area contributed by atoms with E-state index in [1.165, 1.54) is 5.57 Å². The van der Waals surface area contributed by atoms with Gasteiger partial charge >= 0.3 is 0 Å². The molecule has 1 atom stereocenters. The molecule has 23 heavy (non-hydrogen) atoms. The van der Waals surface area contributed by atoms with Crippen molar-refractivity contribution in [2.45, 2.75) is 19.1 Å². The Kier molecular flexibility index (Phi) is 3.50. The average Bonchev–Trinajstić information content (AvgIpc) is 3.00. The number of halogens is 1. The maximum atomic E-state index is 6.16. The Labute approximate surface area is 140 Å². The number of hydrogen-bond acceptors (Lipinski definition) is 3. The number of nitrogens with one attached hydrogen (secondary N) is 1. The van der Waals surface area contributed by atoms with Gasteiger partial charge in [0.25, 0.3) is 0 Å². The van der Waals surface area contributed by atoms with Gasteiger partial charge in [-0.05, 0) is 42.7 Å². The molecule has 1 aliphatic heterocycles. The molecule has 0 radical (unpaired) electrons. The molecule has 1 fully saturated rings. The number of benzene rings is 2. The van der Waals surface area contributed by atoms with E-state index in [2.05, 4.69) is 17.5 Å². The molecule has 4 heteroatoms. The Morgan fingerprint density at radius 2 is 1.87 bits per heavy atom. The number of para-hydroxylation sites is 1. The zero-order valence-corrected chi connectivity index (χ0v) is 13.3. The molecule has 0 spiro atoms. The summed E-state index contributed by atoms with van der Waals surface area (Å²) in [6, 6.07) is 15.7. The molecule has 0 aromatic heterocycles. The summed E-state index contributed by atoms with van der Waals surface area (Å²) in [5.41, 5.74) is 11.4. The normalized spacial score (nSPS) is 19.7. The molecule has 1 saturated heterocycles. The van der Waals surface area contributed by atoms with Crippen LogP contribution in [-0.4, -0.2) is 0 Å². The second kappa shape index (κ2) is 5.67. The van der Waals surface area contributed by atoms with Crippen LogP contribution in [0.4, 0.5) is 5.69 Å². The van der Waals surface area contributed by atoms with Gasteiger partial charge < -0.3 is 15.8 Å². The van der Waals surface area contributed by atoms with Crippen LogP contribution >= 0.6 is 11.6 Å². The van der Waals surface area contributed by atoms with Gasteiger partial charge in [-0.2, -0.15) is 0 Å². The lowest BCUT2D eigenvalue weighted by atomic mass is 9.93. The van der Waals surface area contributed by atoms with Crippen LogP contribution in [0.2, 0.25) is 5.02 Å². The van der Waals surface area contributed by atoms with Gasteiger partial charge in [-0.3, -0.25) is 0 Å². The van der Waals surface area contributed by atoms with Crippen LogP contribution in [0.3, 0.4) is 0 Å². The number of hydrogen-bond donors (Lipinski definition) is 2. The highest BCUT2D eigenvalue weighted by Crippen LogP contribution is 2.40. The molecule has 3 N–H and O–H groups in total. The standard InChI is InChI=1S/C19H17ClN2O/c20-13-10-8-12(9-11-13)19-22-18-15(5-3-7-17(18)23-19)14-4-1-2-6-16(14)21/h1-2,4,6-11,19,22H,3,5,21H2. The highest BCUT2D eigenvalue weighted by Gasteiger charge is 2.31. The van der Waals surface area contributed by atoms with Crippen LogP contribution in [0, 0.1) is 0 Å². The number of ether oxygens (including phenoxy) is 1. The van der Waals surface area contributed by atoms with Crippen molar-refractivity contribution in [3.8, 4) is 0 Å². The van der Waals surface area contributed by atoms with Crippen molar-refractivity contribution in [1.82, 2.24) is 5.32 Å². The van der Waals surface area contributed by atoms with Crippen molar-refractivity contribution >= 4 is 22.9 Å². The smallest absolute Gasteiger partial charge is 0.196 e. The summed E-state index contributed by atoms with van der Waals surface area (Å²) in [6.45, 7) is 0. The lowest BCUT2D eigenvalue weighted by Gasteiger charge is -2.16. The topological polar surface area (TPSA) is 47.3 Å². The zero-order chi connectivity index (χ0) is 15.8. The minimum absolute atomic E-state index is 0.188. The van der Waals surface area contributed by atoms with Crippen LogP contribution in [0.5, 0.6) is 0 Å². The Morgan fingerprint density at radius 3 is 2.65 bits per heavy atom. The fourth-order valence-electron chi connectivity index (χ4n) is 3.11. The molecule has 0 saturated carbocycles. The van der Waals surface area contributed by atoms with Gasteiger partial charge in [-0.25, -0.2) is 0 Å². The summed E-state index contributed by atoms with van der Waals surface area (Å²) < 4.78 is 6.09. The number of nitrogens with two attached hydrogens (primary N) is 1. The highest BCUT2D eigenvalue weighted by molar-refractivity contribution is 6.30. The number of nitrogen functional groups attached to an aromatic ring is 1. The number of anilines is 1. The lowest BCUT2D eigenvalue weighted by Crippen LogP contribution is -2.14. The van der Waals surface area contributed by atoms with Crippen molar-refractivity contribution in [1.29, 1.82) is 0 Å². The van der Waals surface area contributed by atoms with Crippen molar-refractivity contribution in [3.05, 3.63) is 82.2 Å². The van der Waals surface area contributed by atoms with Gasteiger partial charge in [-0.15, -0.1) is 0 Å². The van der Waals surface area contributed by atoms with E-state index in [4.69, 9.17) is 22.1 Å². The molecule has 3 nitrogen and oxygen atoms in total. The molecular weight excluding hydrogens is 308 g/mol. The molecule has 1 aliphatic carbocycles. The van der Waals surface area contributed by atoms with Gasteiger partial charge in [0, 0.05) is 21.8 Å². The Bertz CT molecular complexity index is 808. The van der Waals surface area contributed by atoms with Crippen LogP contribution in [0.1, 0.15) is 30.2 Å². The molecule has 1 heterocycles. The SMILES string of the molecule is Nc1ccccc1C1=C2NC(c3ccc(Cl)cc3)OC2=CCC1. The summed E-state index contributed by atoms with van der Waals surface area (Å²) in [5, 5.41) is 4.22. The van der Waals surface area contributed by atoms with Gasteiger partial charge in [0.2, 0.25) is 0 Å². The molecule has 1 unspecified atom stereocenters. The first-order valence-electron chi connectivity index (χ1n) is 7.69. The molecule has 2 aromatic carbocycles. The molecule has 116 valence electrons. The lowest BCUT2D eigenvalue weighted by molar-refractivity contribution is 0.147. The van der Waals surface area contributed by atoms with Crippen LogP contribution < -0.4 is 11.1 Å². The summed E-state index contributed by atoms with van der Waals surface area (Å²) >= 11 is 5.97. The summed E-state index contributed by atoms with van der Waals surface area (Å²) in [7, 11) is 0. The van der Waals surface area contributed by atoms with Crippen molar-refractivity contribution < 1.29 is 4.74 Å². The van der Waals surface area contributed by atoms with Crippen LogP contribution in [-0.2, 0) is 4.74 Å². The average molecular weight is 325 g/mol. The van der Waals surface area contributed by atoms with Crippen LogP contribution in [0.25, 0.3) is 5.57 Å². The van der Waals surface area contributed by atoms with E-state index in [-0.39, 0.29) is 6.23 Å². The van der Waals surface area contributed by atoms with E-state index in [0.717, 1.165) is 46.1 Å². The van der Waals surface area contributed by atoms with E-state index < -0.39 is 0 Å². The fraction of sp³-hybridized carbons (Fsp3) is 0.158.